The highest BCUT2D eigenvalue weighted by Crippen LogP contribution is 2.35. The largest absolute Gasteiger partial charge is 0.469 e. The first-order chi connectivity index (χ1) is 19.1. The first-order valence-corrected chi connectivity index (χ1v) is 17.0. The molecule has 40 heavy (non-hydrogen) atoms. The van der Waals surface area contributed by atoms with Gasteiger partial charge in [-0.1, -0.05) is 103 Å². The minimum Gasteiger partial charge on any atom is -0.462 e. The van der Waals surface area contributed by atoms with Gasteiger partial charge in [0.15, 0.2) is 6.10 Å². The number of ether oxygens (including phenoxy) is 2. The summed E-state index contributed by atoms with van der Waals surface area (Å²) in [5.74, 6) is -0.884. The number of carbonyl (C=O) groups is 3. The Bertz CT molecular complexity index is 699. The normalized spacial score (nSPS) is 12.2. The molecule has 0 aliphatic carbocycles. The molecule has 236 valence electrons. The van der Waals surface area contributed by atoms with Gasteiger partial charge in [-0.05, 0) is 19.3 Å². The Morgan fingerprint density at radius 1 is 0.675 bits per heavy atom. The van der Waals surface area contributed by atoms with Gasteiger partial charge in [-0.2, -0.15) is 0 Å². The summed E-state index contributed by atoms with van der Waals surface area (Å²) < 4.78 is 26.0. The van der Waals surface area contributed by atoms with Crippen molar-refractivity contribution in [3.63, 3.8) is 0 Å². The lowest BCUT2D eigenvalue weighted by Crippen LogP contribution is -2.29. The van der Waals surface area contributed by atoms with Gasteiger partial charge in [-0.3, -0.25) is 18.9 Å². The fourth-order valence-corrected chi connectivity index (χ4v) is 4.64. The predicted octanol–water partition coefficient (Wildman–Crippen LogP) is 6.51. The highest BCUT2D eigenvalue weighted by molar-refractivity contribution is 7.46. The van der Waals surface area contributed by atoms with Gasteiger partial charge >= 0.3 is 19.8 Å². The number of phosphoric acid groups is 1. The lowest BCUT2D eigenvalue weighted by molar-refractivity contribution is -0.161. The van der Waals surface area contributed by atoms with Crippen molar-refractivity contribution in [2.45, 2.75) is 148 Å². The predicted molar refractivity (Wildman–Crippen MR) is 156 cm³/mol. The number of amides is 1. The Labute approximate surface area is 241 Å². The lowest BCUT2D eigenvalue weighted by atomic mass is 10.0. The quantitative estimate of drug-likeness (QED) is 0.0524. The molecule has 0 aromatic rings. The Kier molecular flexibility index (Phi) is 25.4. The van der Waals surface area contributed by atoms with Crippen molar-refractivity contribution in [2.75, 3.05) is 19.8 Å². The molecular formula is C29H56NO9P. The first kappa shape index (κ1) is 38.5. The molecular weight excluding hydrogens is 537 g/mol. The van der Waals surface area contributed by atoms with E-state index in [0.717, 1.165) is 64.3 Å². The molecule has 0 saturated heterocycles. The second-order valence-corrected chi connectivity index (χ2v) is 11.8. The highest BCUT2D eigenvalue weighted by Gasteiger charge is 2.22. The van der Waals surface area contributed by atoms with Gasteiger partial charge in [0, 0.05) is 26.3 Å². The maximum atomic E-state index is 12.1. The zero-order chi connectivity index (χ0) is 29.9. The highest BCUT2D eigenvalue weighted by atomic mass is 31.2. The van der Waals surface area contributed by atoms with E-state index in [9.17, 15) is 18.9 Å². The van der Waals surface area contributed by atoms with Crippen molar-refractivity contribution < 1.29 is 42.7 Å². The number of rotatable bonds is 28. The summed E-state index contributed by atoms with van der Waals surface area (Å²) >= 11 is 0. The third kappa shape index (κ3) is 29.5. The summed E-state index contributed by atoms with van der Waals surface area (Å²) in [6, 6.07) is 0. The minimum atomic E-state index is -4.74. The molecule has 0 spiro atoms. The second kappa shape index (κ2) is 26.4. The number of hydrogen-bond donors (Lipinski definition) is 3. The maximum Gasteiger partial charge on any atom is 0.469 e. The Hall–Kier alpha value is -1.48. The van der Waals surface area contributed by atoms with E-state index in [2.05, 4.69) is 16.8 Å². The van der Waals surface area contributed by atoms with Crippen LogP contribution in [0.2, 0.25) is 0 Å². The number of nitrogens with one attached hydrogen (secondary N) is 1. The first-order valence-electron chi connectivity index (χ1n) is 15.4. The monoisotopic (exact) mass is 593 g/mol. The fraction of sp³-hybridized carbons (Fsp3) is 0.897. The zero-order valence-electron chi connectivity index (χ0n) is 25.0. The van der Waals surface area contributed by atoms with E-state index in [-0.39, 0.29) is 25.4 Å². The van der Waals surface area contributed by atoms with E-state index in [1.54, 1.807) is 6.92 Å². The summed E-state index contributed by atoms with van der Waals surface area (Å²) in [6.45, 7) is 3.62. The molecule has 0 aromatic heterocycles. The molecule has 10 nitrogen and oxygen atoms in total. The lowest BCUT2D eigenvalue weighted by Gasteiger charge is -2.18. The summed E-state index contributed by atoms with van der Waals surface area (Å²) in [5.41, 5.74) is 0. The van der Waals surface area contributed by atoms with E-state index in [1.165, 1.54) is 44.9 Å². The van der Waals surface area contributed by atoms with Crippen LogP contribution in [0.25, 0.3) is 0 Å². The van der Waals surface area contributed by atoms with E-state index in [0.29, 0.717) is 12.8 Å². The molecule has 0 aliphatic heterocycles. The molecule has 0 rings (SSSR count). The topological polar surface area (TPSA) is 148 Å². The maximum absolute atomic E-state index is 12.1. The molecule has 0 aliphatic rings. The van der Waals surface area contributed by atoms with Crippen LogP contribution in [0.3, 0.4) is 0 Å². The molecule has 11 heteroatoms. The van der Waals surface area contributed by atoms with Gasteiger partial charge < -0.3 is 24.6 Å². The summed E-state index contributed by atoms with van der Waals surface area (Å²) in [4.78, 5) is 52.9. The van der Waals surface area contributed by atoms with Crippen LogP contribution in [0.5, 0.6) is 0 Å². The van der Waals surface area contributed by atoms with Crippen LogP contribution in [0.15, 0.2) is 0 Å². The van der Waals surface area contributed by atoms with Gasteiger partial charge in [-0.15, -0.1) is 0 Å². The van der Waals surface area contributed by atoms with E-state index in [1.807, 2.05) is 0 Å². The molecule has 3 N–H and O–H groups in total. The van der Waals surface area contributed by atoms with Crippen LogP contribution >= 0.6 is 7.82 Å². The van der Waals surface area contributed by atoms with Gasteiger partial charge in [-0.25, -0.2) is 4.57 Å². The van der Waals surface area contributed by atoms with Crippen molar-refractivity contribution >= 4 is 25.7 Å². The van der Waals surface area contributed by atoms with Crippen molar-refractivity contribution in [2.24, 2.45) is 0 Å². The van der Waals surface area contributed by atoms with Gasteiger partial charge in [0.25, 0.3) is 0 Å². The third-order valence-electron chi connectivity index (χ3n) is 6.57. The van der Waals surface area contributed by atoms with E-state index < -0.39 is 32.5 Å². The molecule has 1 atom stereocenters. The molecule has 0 aromatic carbocycles. The van der Waals surface area contributed by atoms with Crippen LogP contribution in [0.4, 0.5) is 0 Å². The molecule has 0 bridgehead atoms. The van der Waals surface area contributed by atoms with E-state index in [4.69, 9.17) is 19.3 Å². The Balaban J connectivity index is 3.88. The van der Waals surface area contributed by atoms with E-state index >= 15 is 0 Å². The van der Waals surface area contributed by atoms with Crippen molar-refractivity contribution in [1.82, 2.24) is 5.32 Å². The summed E-state index contributed by atoms with van der Waals surface area (Å²) in [5, 5.41) is 2.82. The average Bonchev–Trinajstić information content (AvgIpc) is 2.89. The second-order valence-electron chi connectivity index (χ2n) is 10.6. The van der Waals surface area contributed by atoms with Gasteiger partial charge in [0.2, 0.25) is 5.91 Å². The van der Waals surface area contributed by atoms with Crippen LogP contribution in [-0.4, -0.2) is 53.5 Å². The standard InChI is InChI=1S/C29H56NO9P/c1-3-4-5-6-15-19-22-29(33)39-27(25-38-40(34,35)36)24-37-28(32)21-18-16-13-11-9-7-8-10-12-14-17-20-23-30-26(2)31/h27H,3-25H2,1-2H3,(H,30,31)(H2,34,35,36)/t27-/m0/s1. The van der Waals surface area contributed by atoms with Crippen molar-refractivity contribution in [1.29, 1.82) is 0 Å². The Morgan fingerprint density at radius 3 is 1.60 bits per heavy atom. The molecule has 0 heterocycles. The van der Waals surface area contributed by atoms with Crippen LogP contribution in [0.1, 0.15) is 142 Å². The van der Waals surface area contributed by atoms with Gasteiger partial charge in [0.05, 0.1) is 6.61 Å². The molecule has 0 radical (unpaired) electrons. The molecule has 0 unspecified atom stereocenters. The number of esters is 2. The molecule has 0 saturated carbocycles. The average molecular weight is 594 g/mol. The summed E-state index contributed by atoms with van der Waals surface area (Å²) in [7, 11) is -4.74. The van der Waals surface area contributed by atoms with Crippen LogP contribution in [0, 0.1) is 0 Å². The number of phosphoric ester groups is 1. The SMILES string of the molecule is CCCCCCCCC(=O)O[C@@H](COC(=O)CCCCCCCCCCCCCCNC(C)=O)COP(=O)(O)O. The zero-order valence-corrected chi connectivity index (χ0v) is 25.9. The van der Waals surface area contributed by atoms with Gasteiger partial charge in [0.1, 0.15) is 6.61 Å². The van der Waals surface area contributed by atoms with Crippen LogP contribution < -0.4 is 5.32 Å². The van der Waals surface area contributed by atoms with Crippen molar-refractivity contribution in [3.05, 3.63) is 0 Å². The smallest absolute Gasteiger partial charge is 0.462 e. The number of unbranched alkanes of at least 4 members (excludes halogenated alkanes) is 16. The minimum absolute atomic E-state index is 0.0376. The summed E-state index contributed by atoms with van der Waals surface area (Å²) in [6.07, 6.45) is 18.9. The van der Waals surface area contributed by atoms with Crippen LogP contribution in [-0.2, 0) is 32.9 Å². The van der Waals surface area contributed by atoms with Crippen molar-refractivity contribution in [3.8, 4) is 0 Å². The third-order valence-corrected chi connectivity index (χ3v) is 7.06. The fourth-order valence-electron chi connectivity index (χ4n) is 4.28. The Morgan fingerprint density at radius 2 is 1.12 bits per heavy atom. The molecule has 1 amide bonds. The molecule has 0 fully saturated rings. The number of carbonyl (C=O) groups excluding carboxylic acids is 3. The number of hydrogen-bond acceptors (Lipinski definition) is 7.